The van der Waals surface area contributed by atoms with E-state index in [-0.39, 0.29) is 24.6 Å². The van der Waals surface area contributed by atoms with E-state index >= 15 is 0 Å². The molecule has 1 unspecified atom stereocenters. The van der Waals surface area contributed by atoms with E-state index in [9.17, 15) is 9.59 Å². The number of halogens is 1. The van der Waals surface area contributed by atoms with Gasteiger partial charge in [-0.2, -0.15) is 0 Å². The van der Waals surface area contributed by atoms with Crippen molar-refractivity contribution in [3.63, 3.8) is 0 Å². The number of hydrogen-bond donors (Lipinski definition) is 0. The molecule has 0 aromatic heterocycles. The fraction of sp³-hybridized carbons (Fsp3) is 0.833. The van der Waals surface area contributed by atoms with Gasteiger partial charge in [-0.15, -0.1) is 0 Å². The number of carbonyl (C=O) groups is 2. The molecule has 0 aromatic carbocycles. The summed E-state index contributed by atoms with van der Waals surface area (Å²) in [4.78, 5) is 22.5. The lowest BCUT2D eigenvalue weighted by molar-refractivity contribution is -0.159. The van der Waals surface area contributed by atoms with Gasteiger partial charge in [-0.25, -0.2) is 0 Å². The van der Waals surface area contributed by atoms with E-state index in [2.05, 4.69) is 22.6 Å². The van der Waals surface area contributed by atoms with Gasteiger partial charge in [-0.1, -0.05) is 36.4 Å². The first-order valence-electron chi connectivity index (χ1n) is 6.05. The molecular formula is C12H21IO4. The molecule has 4 nitrogen and oxygen atoms in total. The summed E-state index contributed by atoms with van der Waals surface area (Å²) in [5.41, 5.74) is 0. The lowest BCUT2D eigenvalue weighted by Gasteiger charge is -2.16. The van der Waals surface area contributed by atoms with Crippen LogP contribution in [-0.4, -0.2) is 29.1 Å². The van der Waals surface area contributed by atoms with E-state index in [1.807, 2.05) is 13.8 Å². The third-order valence-electron chi connectivity index (χ3n) is 2.07. The summed E-state index contributed by atoms with van der Waals surface area (Å²) in [5.74, 6) is -0.439. The molecule has 0 bridgehead atoms. The Bertz CT molecular complexity index is 231. The summed E-state index contributed by atoms with van der Waals surface area (Å²) in [5, 5.41) is 0. The van der Waals surface area contributed by atoms with Crippen molar-refractivity contribution in [2.45, 2.75) is 52.1 Å². The van der Waals surface area contributed by atoms with E-state index in [1.54, 1.807) is 0 Å². The van der Waals surface area contributed by atoms with Crippen molar-refractivity contribution in [3.05, 3.63) is 0 Å². The molecule has 1 atom stereocenters. The van der Waals surface area contributed by atoms with E-state index < -0.39 is 0 Å². The number of esters is 2. The number of rotatable bonds is 9. The van der Waals surface area contributed by atoms with Crippen LogP contribution >= 0.6 is 22.6 Å². The molecule has 0 saturated carbocycles. The molecule has 0 N–H and O–H groups in total. The molecule has 0 aliphatic rings. The van der Waals surface area contributed by atoms with Gasteiger partial charge in [-0.05, 0) is 19.3 Å². The predicted molar refractivity (Wildman–Crippen MR) is 74.2 cm³/mol. The van der Waals surface area contributed by atoms with Crippen LogP contribution in [0.1, 0.15) is 46.0 Å². The third-order valence-corrected chi connectivity index (χ3v) is 2.69. The Morgan fingerprint density at radius 2 is 1.71 bits per heavy atom. The van der Waals surface area contributed by atoms with Gasteiger partial charge in [0.2, 0.25) is 0 Å². The molecule has 0 amide bonds. The van der Waals surface area contributed by atoms with E-state index in [0.717, 1.165) is 23.7 Å². The standard InChI is InChI=1S/C12H21IO4/c1-3-5-11(14)16-9-10(7-8-13)17-12(15)6-4-2/h10H,3-9H2,1-2H3. The van der Waals surface area contributed by atoms with Gasteiger partial charge >= 0.3 is 11.9 Å². The summed E-state index contributed by atoms with van der Waals surface area (Å²) in [6.45, 7) is 4.03. The van der Waals surface area contributed by atoms with Crippen LogP contribution in [0.2, 0.25) is 0 Å². The summed E-state index contributed by atoms with van der Waals surface area (Å²) in [6, 6.07) is 0. The van der Waals surface area contributed by atoms with Gasteiger partial charge in [0, 0.05) is 17.3 Å². The Kier molecular flexibility index (Phi) is 10.6. The minimum absolute atomic E-state index is 0.178. The molecule has 100 valence electrons. The Hall–Kier alpha value is -0.330. The first kappa shape index (κ1) is 16.7. The van der Waals surface area contributed by atoms with Crippen LogP contribution in [0.3, 0.4) is 0 Å². The molecule has 5 heteroatoms. The maximum Gasteiger partial charge on any atom is 0.306 e. The van der Waals surface area contributed by atoms with Gasteiger partial charge in [0.25, 0.3) is 0 Å². The minimum Gasteiger partial charge on any atom is -0.462 e. The van der Waals surface area contributed by atoms with Gasteiger partial charge < -0.3 is 9.47 Å². The maximum atomic E-state index is 11.3. The SMILES string of the molecule is CCCC(=O)OCC(CCI)OC(=O)CCC. The molecule has 0 rings (SSSR count). The monoisotopic (exact) mass is 356 g/mol. The molecule has 0 radical (unpaired) electrons. The second-order valence-corrected chi connectivity index (χ2v) is 4.85. The van der Waals surface area contributed by atoms with Crippen LogP contribution in [0.25, 0.3) is 0 Å². The summed E-state index contributed by atoms with van der Waals surface area (Å²) in [6.07, 6.45) is 2.79. The van der Waals surface area contributed by atoms with Crippen molar-refractivity contribution in [1.82, 2.24) is 0 Å². The number of hydrogen-bond acceptors (Lipinski definition) is 4. The van der Waals surface area contributed by atoms with Gasteiger partial charge in [0.15, 0.2) is 0 Å². The van der Waals surface area contributed by atoms with Crippen molar-refractivity contribution in [2.75, 3.05) is 11.0 Å². The number of alkyl halides is 1. The quantitative estimate of drug-likeness (QED) is 0.362. The summed E-state index contributed by atoms with van der Waals surface area (Å²) < 4.78 is 11.2. The van der Waals surface area contributed by atoms with Crippen LogP contribution in [0.5, 0.6) is 0 Å². The maximum absolute atomic E-state index is 11.3. The van der Waals surface area contributed by atoms with Crippen LogP contribution < -0.4 is 0 Å². The van der Waals surface area contributed by atoms with Crippen LogP contribution in [0, 0.1) is 0 Å². The zero-order valence-corrected chi connectivity index (χ0v) is 12.7. The Morgan fingerprint density at radius 3 is 2.24 bits per heavy atom. The normalized spacial score (nSPS) is 11.9. The fourth-order valence-corrected chi connectivity index (χ4v) is 1.90. The van der Waals surface area contributed by atoms with Crippen molar-refractivity contribution >= 4 is 34.5 Å². The highest BCUT2D eigenvalue weighted by Crippen LogP contribution is 2.06. The zero-order chi connectivity index (χ0) is 13.1. The Morgan fingerprint density at radius 1 is 1.12 bits per heavy atom. The molecule has 0 saturated heterocycles. The molecule has 0 aliphatic carbocycles. The Balaban J connectivity index is 3.96. The van der Waals surface area contributed by atoms with Crippen molar-refractivity contribution in [3.8, 4) is 0 Å². The fourth-order valence-electron chi connectivity index (χ4n) is 1.21. The molecule has 0 aliphatic heterocycles. The number of carbonyl (C=O) groups excluding carboxylic acids is 2. The molecule has 0 aromatic rings. The van der Waals surface area contributed by atoms with Crippen LogP contribution in [0.15, 0.2) is 0 Å². The highest BCUT2D eigenvalue weighted by molar-refractivity contribution is 14.1. The van der Waals surface area contributed by atoms with Gasteiger partial charge in [0.1, 0.15) is 12.7 Å². The highest BCUT2D eigenvalue weighted by Gasteiger charge is 2.15. The van der Waals surface area contributed by atoms with Crippen LogP contribution in [0.4, 0.5) is 0 Å². The third kappa shape index (κ3) is 9.38. The topological polar surface area (TPSA) is 52.6 Å². The molecular weight excluding hydrogens is 335 g/mol. The number of ether oxygens (including phenoxy) is 2. The molecule has 0 spiro atoms. The van der Waals surface area contributed by atoms with Crippen molar-refractivity contribution in [1.29, 1.82) is 0 Å². The Labute approximate surface area is 117 Å². The van der Waals surface area contributed by atoms with Gasteiger partial charge in [-0.3, -0.25) is 9.59 Å². The van der Waals surface area contributed by atoms with Crippen LogP contribution in [-0.2, 0) is 19.1 Å². The second kappa shape index (κ2) is 10.8. The molecule has 0 fully saturated rings. The van der Waals surface area contributed by atoms with Crippen molar-refractivity contribution in [2.24, 2.45) is 0 Å². The largest absolute Gasteiger partial charge is 0.462 e. The van der Waals surface area contributed by atoms with E-state index in [0.29, 0.717) is 12.8 Å². The predicted octanol–water partition coefficient (Wildman–Crippen LogP) is 2.87. The summed E-state index contributed by atoms with van der Waals surface area (Å²) >= 11 is 2.21. The highest BCUT2D eigenvalue weighted by atomic mass is 127. The first-order chi connectivity index (χ1) is 8.13. The zero-order valence-electron chi connectivity index (χ0n) is 10.5. The van der Waals surface area contributed by atoms with E-state index in [1.165, 1.54) is 0 Å². The lowest BCUT2D eigenvalue weighted by Crippen LogP contribution is -2.25. The average molecular weight is 356 g/mol. The first-order valence-corrected chi connectivity index (χ1v) is 7.57. The van der Waals surface area contributed by atoms with Crippen molar-refractivity contribution < 1.29 is 19.1 Å². The molecule has 0 heterocycles. The lowest BCUT2D eigenvalue weighted by atomic mass is 10.3. The van der Waals surface area contributed by atoms with Gasteiger partial charge in [0.05, 0.1) is 0 Å². The smallest absolute Gasteiger partial charge is 0.306 e. The molecule has 17 heavy (non-hydrogen) atoms. The van der Waals surface area contributed by atoms with E-state index in [4.69, 9.17) is 9.47 Å². The second-order valence-electron chi connectivity index (χ2n) is 3.77. The summed E-state index contributed by atoms with van der Waals surface area (Å²) in [7, 11) is 0. The minimum atomic E-state index is -0.299. The average Bonchev–Trinajstić information content (AvgIpc) is 2.27.